The van der Waals surface area contributed by atoms with E-state index in [4.69, 9.17) is 0 Å². The molecule has 0 fully saturated rings. The lowest BCUT2D eigenvalue weighted by Gasteiger charge is -2.21. The van der Waals surface area contributed by atoms with E-state index in [2.05, 4.69) is 73.2 Å². The first kappa shape index (κ1) is 14.7. The molecule has 0 aromatic heterocycles. The first-order chi connectivity index (χ1) is 7.99. The molecule has 17 heavy (non-hydrogen) atoms. The van der Waals surface area contributed by atoms with Gasteiger partial charge in [-0.1, -0.05) is 41.9 Å². The maximum atomic E-state index is 3.66. The standard InChI is InChI=1S/C15H24BrN/c1-11(2)5-6-12(3)17-13(4)14-7-9-15(16)10-8-14/h7-13,17H,5-6H2,1-4H3/t12?,13-/m1/s1. The fourth-order valence-corrected chi connectivity index (χ4v) is 2.21. The number of nitrogens with one attached hydrogen (secondary N) is 1. The Bertz CT molecular complexity index is 318. The molecule has 1 aromatic rings. The average molecular weight is 298 g/mol. The fraction of sp³-hybridized carbons (Fsp3) is 0.600. The van der Waals surface area contributed by atoms with Crippen LogP contribution < -0.4 is 5.32 Å². The number of halogens is 1. The molecule has 0 radical (unpaired) electrons. The Hall–Kier alpha value is -0.340. The second kappa shape index (κ2) is 7.17. The quantitative estimate of drug-likeness (QED) is 0.785. The summed E-state index contributed by atoms with van der Waals surface area (Å²) in [6, 6.07) is 9.56. The summed E-state index contributed by atoms with van der Waals surface area (Å²) in [6.07, 6.45) is 2.54. The molecule has 0 bridgehead atoms. The van der Waals surface area contributed by atoms with E-state index in [1.165, 1.54) is 18.4 Å². The molecule has 0 amide bonds. The minimum absolute atomic E-state index is 0.422. The third kappa shape index (κ3) is 5.69. The SMILES string of the molecule is CC(C)CCC(C)N[C@H](C)c1ccc(Br)cc1. The van der Waals surface area contributed by atoms with Crippen molar-refractivity contribution in [3.05, 3.63) is 34.3 Å². The highest BCUT2D eigenvalue weighted by molar-refractivity contribution is 9.10. The van der Waals surface area contributed by atoms with Gasteiger partial charge in [0.15, 0.2) is 0 Å². The molecule has 0 spiro atoms. The van der Waals surface area contributed by atoms with Gasteiger partial charge >= 0.3 is 0 Å². The summed E-state index contributed by atoms with van der Waals surface area (Å²) < 4.78 is 1.14. The van der Waals surface area contributed by atoms with Crippen molar-refractivity contribution < 1.29 is 0 Å². The molecule has 1 aromatic carbocycles. The van der Waals surface area contributed by atoms with Gasteiger partial charge in [0.25, 0.3) is 0 Å². The van der Waals surface area contributed by atoms with E-state index in [9.17, 15) is 0 Å². The van der Waals surface area contributed by atoms with Crippen molar-refractivity contribution >= 4 is 15.9 Å². The first-order valence-electron chi connectivity index (χ1n) is 6.50. The Kier molecular flexibility index (Phi) is 6.21. The average Bonchev–Trinajstić information content (AvgIpc) is 2.27. The van der Waals surface area contributed by atoms with E-state index in [1.54, 1.807) is 0 Å². The van der Waals surface area contributed by atoms with Crippen molar-refractivity contribution in [2.24, 2.45) is 5.92 Å². The van der Waals surface area contributed by atoms with Gasteiger partial charge in [-0.2, -0.15) is 0 Å². The van der Waals surface area contributed by atoms with Gasteiger partial charge in [-0.25, -0.2) is 0 Å². The van der Waals surface area contributed by atoms with Gasteiger partial charge in [-0.05, 0) is 50.3 Å². The maximum Gasteiger partial charge on any atom is 0.0294 e. The van der Waals surface area contributed by atoms with Gasteiger partial charge in [0.05, 0.1) is 0 Å². The zero-order valence-electron chi connectivity index (χ0n) is 11.3. The van der Waals surface area contributed by atoms with Crippen LogP contribution in [0.4, 0.5) is 0 Å². The molecule has 0 aliphatic heterocycles. The molecular weight excluding hydrogens is 274 g/mol. The molecule has 1 rings (SSSR count). The highest BCUT2D eigenvalue weighted by Gasteiger charge is 2.09. The van der Waals surface area contributed by atoms with Gasteiger partial charge in [0.2, 0.25) is 0 Å². The summed E-state index contributed by atoms with van der Waals surface area (Å²) in [4.78, 5) is 0. The Balaban J connectivity index is 2.42. The summed E-state index contributed by atoms with van der Waals surface area (Å²) in [6.45, 7) is 9.07. The van der Waals surface area contributed by atoms with Crippen molar-refractivity contribution in [1.82, 2.24) is 5.32 Å². The molecule has 0 aliphatic rings. The van der Waals surface area contributed by atoms with Crippen LogP contribution in [0.2, 0.25) is 0 Å². The van der Waals surface area contributed by atoms with Gasteiger partial charge in [-0.3, -0.25) is 0 Å². The topological polar surface area (TPSA) is 12.0 Å². The summed E-state index contributed by atoms with van der Waals surface area (Å²) in [7, 11) is 0. The molecule has 0 aliphatic carbocycles. The van der Waals surface area contributed by atoms with Crippen molar-refractivity contribution in [3.63, 3.8) is 0 Å². The smallest absolute Gasteiger partial charge is 0.0294 e. The predicted octanol–water partition coefficient (Wildman–Crippen LogP) is 4.92. The predicted molar refractivity (Wildman–Crippen MR) is 79.2 cm³/mol. The molecule has 1 nitrogen and oxygen atoms in total. The lowest BCUT2D eigenvalue weighted by atomic mass is 10.0. The van der Waals surface area contributed by atoms with Gasteiger partial charge in [0, 0.05) is 16.6 Å². The highest BCUT2D eigenvalue weighted by Crippen LogP contribution is 2.18. The molecule has 96 valence electrons. The van der Waals surface area contributed by atoms with Crippen LogP contribution in [0.25, 0.3) is 0 Å². The van der Waals surface area contributed by atoms with Crippen molar-refractivity contribution in [2.75, 3.05) is 0 Å². The minimum atomic E-state index is 0.422. The lowest BCUT2D eigenvalue weighted by Crippen LogP contribution is -2.29. The van der Waals surface area contributed by atoms with Crippen LogP contribution in [0.1, 0.15) is 52.1 Å². The van der Waals surface area contributed by atoms with Crippen LogP contribution in [-0.2, 0) is 0 Å². The monoisotopic (exact) mass is 297 g/mol. The Morgan fingerprint density at radius 1 is 1.00 bits per heavy atom. The van der Waals surface area contributed by atoms with Crippen LogP contribution in [-0.4, -0.2) is 6.04 Å². The van der Waals surface area contributed by atoms with E-state index >= 15 is 0 Å². The van der Waals surface area contributed by atoms with E-state index in [0.717, 1.165) is 10.4 Å². The minimum Gasteiger partial charge on any atom is -0.308 e. The number of hydrogen-bond donors (Lipinski definition) is 1. The number of benzene rings is 1. The van der Waals surface area contributed by atoms with Crippen molar-refractivity contribution in [3.8, 4) is 0 Å². The van der Waals surface area contributed by atoms with Crippen LogP contribution in [0, 0.1) is 5.92 Å². The second-order valence-electron chi connectivity index (χ2n) is 5.31. The van der Waals surface area contributed by atoms with E-state index in [1.807, 2.05) is 0 Å². The third-order valence-electron chi connectivity index (χ3n) is 3.08. The Labute approximate surface area is 114 Å². The molecule has 2 heteroatoms. The molecule has 0 saturated carbocycles. The highest BCUT2D eigenvalue weighted by atomic mass is 79.9. The lowest BCUT2D eigenvalue weighted by molar-refractivity contribution is 0.417. The summed E-state index contributed by atoms with van der Waals surface area (Å²) in [5.74, 6) is 0.794. The van der Waals surface area contributed by atoms with Crippen molar-refractivity contribution in [1.29, 1.82) is 0 Å². The van der Waals surface area contributed by atoms with Gasteiger partial charge in [0.1, 0.15) is 0 Å². The van der Waals surface area contributed by atoms with Crippen LogP contribution in [0.5, 0.6) is 0 Å². The van der Waals surface area contributed by atoms with E-state index in [-0.39, 0.29) is 0 Å². The maximum absolute atomic E-state index is 3.66. The summed E-state index contributed by atoms with van der Waals surface area (Å²) in [5.41, 5.74) is 1.35. The third-order valence-corrected chi connectivity index (χ3v) is 3.61. The molecule has 2 atom stereocenters. The largest absolute Gasteiger partial charge is 0.308 e. The molecule has 1 unspecified atom stereocenters. The zero-order valence-corrected chi connectivity index (χ0v) is 12.9. The Morgan fingerprint density at radius 3 is 2.12 bits per heavy atom. The molecule has 0 saturated heterocycles. The van der Waals surface area contributed by atoms with Crippen molar-refractivity contribution in [2.45, 2.75) is 52.6 Å². The molecule has 1 N–H and O–H groups in total. The zero-order chi connectivity index (χ0) is 12.8. The number of hydrogen-bond acceptors (Lipinski definition) is 1. The molecular formula is C15H24BrN. The van der Waals surface area contributed by atoms with Crippen LogP contribution in [0.15, 0.2) is 28.7 Å². The van der Waals surface area contributed by atoms with Gasteiger partial charge < -0.3 is 5.32 Å². The normalized spacial score (nSPS) is 14.9. The summed E-state index contributed by atoms with van der Waals surface area (Å²) in [5, 5.41) is 3.66. The van der Waals surface area contributed by atoms with E-state index < -0.39 is 0 Å². The van der Waals surface area contributed by atoms with E-state index in [0.29, 0.717) is 12.1 Å². The molecule has 0 heterocycles. The number of rotatable bonds is 6. The summed E-state index contributed by atoms with van der Waals surface area (Å²) >= 11 is 3.47. The van der Waals surface area contributed by atoms with Crippen LogP contribution in [0.3, 0.4) is 0 Å². The van der Waals surface area contributed by atoms with Crippen LogP contribution >= 0.6 is 15.9 Å². The fourth-order valence-electron chi connectivity index (χ4n) is 1.94. The second-order valence-corrected chi connectivity index (χ2v) is 6.23. The Morgan fingerprint density at radius 2 is 1.59 bits per heavy atom. The first-order valence-corrected chi connectivity index (χ1v) is 7.30. The van der Waals surface area contributed by atoms with Gasteiger partial charge in [-0.15, -0.1) is 0 Å².